The van der Waals surface area contributed by atoms with Gasteiger partial charge < -0.3 is 10.1 Å². The van der Waals surface area contributed by atoms with Crippen molar-refractivity contribution in [3.8, 4) is 0 Å². The summed E-state index contributed by atoms with van der Waals surface area (Å²) in [5.74, 6) is 1.62. The second-order valence-electron chi connectivity index (χ2n) is 16.4. The van der Waals surface area contributed by atoms with Gasteiger partial charge in [-0.2, -0.15) is 0 Å². The minimum Gasteiger partial charge on any atom is -0.462 e. The lowest BCUT2D eigenvalue weighted by molar-refractivity contribution is -0.232. The normalized spacial score (nSPS) is 44.0. The number of Topliss-reactive ketones (excluding diaryl/α,β-unsaturated/α-hetero) is 1. The van der Waals surface area contributed by atoms with Gasteiger partial charge in [0.25, 0.3) is 0 Å². The number of fused-ring (bicyclic) bond motifs is 7. The molecule has 1 amide bonds. The summed E-state index contributed by atoms with van der Waals surface area (Å²) in [7, 11) is 0. The molecule has 4 saturated carbocycles. The number of amides is 1. The SMILES string of the molecule is CC(=O)O[C@H]1CC[C@@]2(C)C(CC[C@]3(C)C2CC[C@@H]2C4=C(C(C)C)C(=O)C[C@]4(C(=O)NC(C)C)CC[C@]23C)C1(C)C. The van der Waals surface area contributed by atoms with Gasteiger partial charge in [0.05, 0.1) is 5.41 Å². The second kappa shape index (κ2) is 9.43. The number of hydrogen-bond donors (Lipinski definition) is 1. The van der Waals surface area contributed by atoms with Crippen molar-refractivity contribution in [3.05, 3.63) is 11.1 Å². The average molecular weight is 554 g/mol. The third-order valence-electron chi connectivity index (χ3n) is 13.5. The summed E-state index contributed by atoms with van der Waals surface area (Å²) in [6.45, 7) is 22.2. The van der Waals surface area contributed by atoms with Crippen molar-refractivity contribution in [3.63, 3.8) is 0 Å². The van der Waals surface area contributed by atoms with E-state index in [0.29, 0.717) is 18.3 Å². The van der Waals surface area contributed by atoms with Crippen molar-refractivity contribution in [2.24, 2.45) is 50.7 Å². The first-order valence-corrected chi connectivity index (χ1v) is 16.2. The van der Waals surface area contributed by atoms with Gasteiger partial charge in [0.1, 0.15) is 6.10 Å². The molecule has 4 fully saturated rings. The van der Waals surface area contributed by atoms with Crippen molar-refractivity contribution < 1.29 is 19.1 Å². The first-order valence-electron chi connectivity index (χ1n) is 16.2. The van der Waals surface area contributed by atoms with E-state index >= 15 is 0 Å². The smallest absolute Gasteiger partial charge is 0.302 e. The van der Waals surface area contributed by atoms with Crippen LogP contribution in [-0.4, -0.2) is 29.8 Å². The summed E-state index contributed by atoms with van der Waals surface area (Å²) in [5.41, 5.74) is 1.84. The summed E-state index contributed by atoms with van der Waals surface area (Å²) < 4.78 is 5.90. The highest BCUT2D eigenvalue weighted by Crippen LogP contribution is 2.76. The number of ketones is 1. The van der Waals surface area contributed by atoms with Crippen LogP contribution in [0.15, 0.2) is 11.1 Å². The molecule has 0 aromatic carbocycles. The number of nitrogens with one attached hydrogen (secondary N) is 1. The van der Waals surface area contributed by atoms with Gasteiger partial charge in [0.2, 0.25) is 5.91 Å². The maximum atomic E-state index is 14.0. The van der Waals surface area contributed by atoms with Crippen molar-refractivity contribution in [1.29, 1.82) is 0 Å². The molecule has 0 aliphatic heterocycles. The van der Waals surface area contributed by atoms with Crippen LogP contribution < -0.4 is 5.32 Å². The lowest BCUT2D eigenvalue weighted by Gasteiger charge is -2.72. The Morgan fingerprint density at radius 1 is 0.850 bits per heavy atom. The van der Waals surface area contributed by atoms with Crippen molar-refractivity contribution in [1.82, 2.24) is 5.32 Å². The van der Waals surface area contributed by atoms with Crippen LogP contribution in [-0.2, 0) is 19.1 Å². The van der Waals surface area contributed by atoms with Crippen LogP contribution in [0.3, 0.4) is 0 Å². The monoisotopic (exact) mass is 553 g/mol. The van der Waals surface area contributed by atoms with Gasteiger partial charge in [-0.05, 0) is 116 Å². The van der Waals surface area contributed by atoms with Crippen LogP contribution in [0, 0.1) is 50.7 Å². The molecule has 5 heteroatoms. The highest BCUT2D eigenvalue weighted by molar-refractivity contribution is 6.07. The summed E-state index contributed by atoms with van der Waals surface area (Å²) in [6, 6.07) is 0.0589. The lowest BCUT2D eigenvalue weighted by atomic mass is 9.33. The molecule has 5 rings (SSSR count). The van der Waals surface area contributed by atoms with Crippen LogP contribution in [0.25, 0.3) is 0 Å². The van der Waals surface area contributed by atoms with Crippen LogP contribution in [0.1, 0.15) is 127 Å². The standard InChI is InChI=1S/C35H55NO4/c1-20(2)28-24(38)19-35(30(39)36-21(3)4)18-17-33(9)23(29(28)35)11-12-26-32(8)15-14-27(40-22(5)37)31(6,7)25(32)13-16-34(26,33)10/h20-21,23,25-27H,11-19H2,1-10H3,(H,36,39)/t23-,25?,26?,27+,32+,33-,34-,35-/m1/s1. The summed E-state index contributed by atoms with van der Waals surface area (Å²) >= 11 is 0. The Labute approximate surface area is 243 Å². The first kappa shape index (κ1) is 29.8. The van der Waals surface area contributed by atoms with Gasteiger partial charge in [-0.15, -0.1) is 0 Å². The fraction of sp³-hybridized carbons (Fsp3) is 0.857. The fourth-order valence-corrected chi connectivity index (χ4v) is 11.7. The molecule has 5 nitrogen and oxygen atoms in total. The number of carbonyl (C=O) groups is 3. The average Bonchev–Trinajstić information content (AvgIpc) is 3.14. The molecular weight excluding hydrogens is 498 g/mol. The fourth-order valence-electron chi connectivity index (χ4n) is 11.7. The van der Waals surface area contributed by atoms with Gasteiger partial charge in [-0.25, -0.2) is 0 Å². The molecule has 2 unspecified atom stereocenters. The summed E-state index contributed by atoms with van der Waals surface area (Å²) in [6.07, 6.45) is 8.64. The van der Waals surface area contributed by atoms with E-state index in [1.54, 1.807) is 6.92 Å². The quantitative estimate of drug-likeness (QED) is 0.368. The number of allylic oxidation sites excluding steroid dienone is 1. The molecule has 5 aliphatic carbocycles. The zero-order valence-corrected chi connectivity index (χ0v) is 27.0. The number of rotatable bonds is 4. The zero-order valence-electron chi connectivity index (χ0n) is 27.0. The molecule has 224 valence electrons. The predicted octanol–water partition coefficient (Wildman–Crippen LogP) is 7.42. The number of esters is 1. The van der Waals surface area contributed by atoms with Crippen LogP contribution in [0.5, 0.6) is 0 Å². The van der Waals surface area contributed by atoms with Crippen molar-refractivity contribution in [2.45, 2.75) is 139 Å². The number of carbonyl (C=O) groups excluding carboxylic acids is 3. The lowest BCUT2D eigenvalue weighted by Crippen LogP contribution is -2.66. The van der Waals surface area contributed by atoms with E-state index in [9.17, 15) is 14.4 Å². The van der Waals surface area contributed by atoms with Gasteiger partial charge in [-0.3, -0.25) is 14.4 Å². The minimum atomic E-state index is -0.667. The molecule has 0 bridgehead atoms. The van der Waals surface area contributed by atoms with Gasteiger partial charge in [-0.1, -0.05) is 48.5 Å². The topological polar surface area (TPSA) is 72.5 Å². The maximum Gasteiger partial charge on any atom is 0.302 e. The molecule has 0 saturated heterocycles. The second-order valence-corrected chi connectivity index (χ2v) is 16.4. The molecule has 8 atom stereocenters. The molecular formula is C35H55NO4. The third kappa shape index (κ3) is 3.87. The Hall–Kier alpha value is -1.65. The van der Waals surface area contributed by atoms with Crippen LogP contribution in [0.2, 0.25) is 0 Å². The van der Waals surface area contributed by atoms with Gasteiger partial charge in [0.15, 0.2) is 5.78 Å². The molecule has 0 radical (unpaired) electrons. The van der Waals surface area contributed by atoms with E-state index in [-0.39, 0.29) is 63.3 Å². The maximum absolute atomic E-state index is 14.0. The molecule has 5 aliphatic rings. The third-order valence-corrected chi connectivity index (χ3v) is 13.5. The first-order chi connectivity index (χ1) is 18.5. The Kier molecular flexibility index (Phi) is 7.03. The summed E-state index contributed by atoms with van der Waals surface area (Å²) in [5, 5.41) is 3.24. The van der Waals surface area contributed by atoms with Crippen molar-refractivity contribution >= 4 is 17.7 Å². The molecule has 1 N–H and O–H groups in total. The van der Waals surface area contributed by atoms with Gasteiger partial charge >= 0.3 is 5.97 Å². The van der Waals surface area contributed by atoms with Crippen molar-refractivity contribution in [2.75, 3.05) is 0 Å². The zero-order chi connectivity index (χ0) is 29.6. The highest BCUT2D eigenvalue weighted by atomic mass is 16.5. The van der Waals surface area contributed by atoms with Crippen LogP contribution >= 0.6 is 0 Å². The highest BCUT2D eigenvalue weighted by Gasteiger charge is 2.71. The predicted molar refractivity (Wildman–Crippen MR) is 158 cm³/mol. The van der Waals surface area contributed by atoms with E-state index in [1.165, 1.54) is 5.57 Å². The largest absolute Gasteiger partial charge is 0.462 e. The Morgan fingerprint density at radius 3 is 2.12 bits per heavy atom. The molecule has 0 aromatic rings. The minimum absolute atomic E-state index is 0.0163. The van der Waals surface area contributed by atoms with Crippen LogP contribution in [0.4, 0.5) is 0 Å². The molecule has 0 heterocycles. The van der Waals surface area contributed by atoms with E-state index in [0.717, 1.165) is 56.9 Å². The molecule has 40 heavy (non-hydrogen) atoms. The van der Waals surface area contributed by atoms with E-state index < -0.39 is 5.41 Å². The number of ether oxygens (including phenoxy) is 1. The summed E-state index contributed by atoms with van der Waals surface area (Å²) in [4.78, 5) is 39.6. The molecule has 0 aromatic heterocycles. The van der Waals surface area contributed by atoms with E-state index in [2.05, 4.69) is 53.8 Å². The Bertz CT molecular complexity index is 1130. The molecule has 0 spiro atoms. The Balaban J connectivity index is 1.56. The van der Waals surface area contributed by atoms with E-state index in [4.69, 9.17) is 4.74 Å². The number of hydrogen-bond acceptors (Lipinski definition) is 4. The Morgan fingerprint density at radius 2 is 1.52 bits per heavy atom. The van der Waals surface area contributed by atoms with Gasteiger partial charge in [0, 0.05) is 24.8 Å². The van der Waals surface area contributed by atoms with E-state index in [1.807, 2.05) is 13.8 Å².